The van der Waals surface area contributed by atoms with E-state index in [0.717, 1.165) is 0 Å². The van der Waals surface area contributed by atoms with E-state index in [1.54, 1.807) is 30.3 Å². The third-order valence-electron chi connectivity index (χ3n) is 1.83. The van der Waals surface area contributed by atoms with Crippen molar-refractivity contribution in [2.45, 2.75) is 13.0 Å². The zero-order chi connectivity index (χ0) is 10.6. The van der Waals surface area contributed by atoms with E-state index in [1.807, 2.05) is 6.92 Å². The van der Waals surface area contributed by atoms with Crippen LogP contribution in [-0.4, -0.2) is 23.3 Å². The van der Waals surface area contributed by atoms with Gasteiger partial charge in [-0.25, -0.2) is 0 Å². The number of hydrogen-bond acceptors (Lipinski definition) is 3. The Morgan fingerprint density at radius 1 is 1.36 bits per heavy atom. The highest BCUT2D eigenvalue weighted by Gasteiger charge is 2.10. The Kier molecular flexibility index (Phi) is 3.74. The monoisotopic (exact) mass is 192 g/mol. The summed E-state index contributed by atoms with van der Waals surface area (Å²) in [5.74, 6) is 0.682. The molecule has 0 radical (unpaired) electrons. The molecule has 0 aliphatic rings. The molecule has 0 fully saturated rings. The highest BCUT2D eigenvalue weighted by molar-refractivity contribution is 6.58. The van der Waals surface area contributed by atoms with Crippen LogP contribution in [0, 0.1) is 0 Å². The molecule has 0 bridgehead atoms. The maximum Gasteiger partial charge on any atom is 0.488 e. The van der Waals surface area contributed by atoms with Gasteiger partial charge >= 0.3 is 7.12 Å². The molecule has 1 aromatic carbocycles. The van der Waals surface area contributed by atoms with Gasteiger partial charge in [0.2, 0.25) is 0 Å². The molecule has 1 unspecified atom stereocenters. The molecule has 3 nitrogen and oxygen atoms in total. The summed E-state index contributed by atoms with van der Waals surface area (Å²) in [5, 5.41) is 17.7. The van der Waals surface area contributed by atoms with Crippen molar-refractivity contribution in [1.82, 2.24) is 0 Å². The quantitative estimate of drug-likeness (QED) is 0.533. The molecule has 4 heteroatoms. The lowest BCUT2D eigenvalue weighted by atomic mass is 9.80. The summed E-state index contributed by atoms with van der Waals surface area (Å²) in [4.78, 5) is 0. The summed E-state index contributed by atoms with van der Waals surface area (Å²) in [6.45, 7) is 5.47. The third-order valence-corrected chi connectivity index (χ3v) is 1.83. The second-order valence-electron chi connectivity index (χ2n) is 3.00. The van der Waals surface area contributed by atoms with Gasteiger partial charge in [-0.3, -0.25) is 0 Å². The fraction of sp³-hybridized carbons (Fsp3) is 0.200. The normalized spacial score (nSPS) is 11.9. The summed E-state index contributed by atoms with van der Waals surface area (Å²) in [5.41, 5.74) is 0.448. The number of hydrogen-bond donors (Lipinski definition) is 2. The maximum absolute atomic E-state index is 8.84. The van der Waals surface area contributed by atoms with Gasteiger partial charge in [0.25, 0.3) is 0 Å². The van der Waals surface area contributed by atoms with Crippen LogP contribution in [-0.2, 0) is 0 Å². The molecule has 1 aromatic rings. The number of rotatable bonds is 4. The number of benzene rings is 1. The van der Waals surface area contributed by atoms with Gasteiger partial charge < -0.3 is 14.8 Å². The van der Waals surface area contributed by atoms with Gasteiger partial charge in [-0.15, -0.1) is 0 Å². The highest BCUT2D eigenvalue weighted by Crippen LogP contribution is 2.10. The zero-order valence-electron chi connectivity index (χ0n) is 8.05. The van der Waals surface area contributed by atoms with E-state index in [-0.39, 0.29) is 6.10 Å². The second-order valence-corrected chi connectivity index (χ2v) is 3.00. The second kappa shape index (κ2) is 4.84. The molecule has 1 atom stereocenters. The summed E-state index contributed by atoms with van der Waals surface area (Å²) in [6.07, 6.45) is 1.63. The average molecular weight is 192 g/mol. The predicted molar refractivity (Wildman–Crippen MR) is 56.6 cm³/mol. The van der Waals surface area contributed by atoms with E-state index in [0.29, 0.717) is 11.2 Å². The van der Waals surface area contributed by atoms with Gasteiger partial charge in [0, 0.05) is 0 Å². The molecule has 0 saturated carbocycles. The van der Waals surface area contributed by atoms with Crippen molar-refractivity contribution in [3.05, 3.63) is 36.9 Å². The smallest absolute Gasteiger partial charge is 0.487 e. The fourth-order valence-electron chi connectivity index (χ4n) is 0.981. The third kappa shape index (κ3) is 2.90. The molecule has 2 N–H and O–H groups in total. The van der Waals surface area contributed by atoms with E-state index in [2.05, 4.69) is 6.58 Å². The minimum Gasteiger partial charge on any atom is -0.487 e. The van der Waals surface area contributed by atoms with Gasteiger partial charge in [-0.2, -0.15) is 0 Å². The van der Waals surface area contributed by atoms with Crippen LogP contribution in [0.2, 0.25) is 0 Å². The maximum atomic E-state index is 8.84. The first-order valence-corrected chi connectivity index (χ1v) is 4.39. The Morgan fingerprint density at radius 3 is 2.36 bits per heavy atom. The molecular weight excluding hydrogens is 179 g/mol. The Labute approximate surface area is 83.8 Å². The van der Waals surface area contributed by atoms with Crippen LogP contribution in [0.5, 0.6) is 5.75 Å². The SMILES string of the molecule is C=CC(C)Oc1ccc(B(O)O)cc1. The van der Waals surface area contributed by atoms with Crippen molar-refractivity contribution in [2.75, 3.05) is 0 Å². The minimum atomic E-state index is -1.43. The molecule has 14 heavy (non-hydrogen) atoms. The van der Waals surface area contributed by atoms with Crippen molar-refractivity contribution in [3.8, 4) is 5.75 Å². The van der Waals surface area contributed by atoms with Crippen molar-refractivity contribution in [2.24, 2.45) is 0 Å². The lowest BCUT2D eigenvalue weighted by molar-refractivity contribution is 0.270. The fourth-order valence-corrected chi connectivity index (χ4v) is 0.981. The topological polar surface area (TPSA) is 49.7 Å². The molecular formula is C10H13BO3. The largest absolute Gasteiger partial charge is 0.488 e. The molecule has 74 valence electrons. The molecule has 0 saturated heterocycles. The Bertz CT molecular complexity index is 295. The number of ether oxygens (including phenoxy) is 1. The van der Waals surface area contributed by atoms with Crippen LogP contribution >= 0.6 is 0 Å². The van der Waals surface area contributed by atoms with Crippen LogP contribution in [0.3, 0.4) is 0 Å². The lowest BCUT2D eigenvalue weighted by Gasteiger charge is -2.10. The standard InChI is InChI=1S/C10H13BO3/c1-3-8(2)14-10-6-4-9(5-7-10)11(12)13/h3-8,12-13H,1H2,2H3. The summed E-state index contributed by atoms with van der Waals surface area (Å²) in [6, 6.07) is 6.59. The average Bonchev–Trinajstić information content (AvgIpc) is 2.18. The van der Waals surface area contributed by atoms with Gasteiger partial charge in [0.1, 0.15) is 11.9 Å². The molecule has 0 spiro atoms. The highest BCUT2D eigenvalue weighted by atomic mass is 16.5. The molecule has 0 amide bonds. The van der Waals surface area contributed by atoms with Gasteiger partial charge in [0.05, 0.1) is 0 Å². The van der Waals surface area contributed by atoms with Crippen LogP contribution < -0.4 is 10.2 Å². The van der Waals surface area contributed by atoms with Crippen molar-refractivity contribution < 1.29 is 14.8 Å². The first-order valence-electron chi connectivity index (χ1n) is 4.39. The van der Waals surface area contributed by atoms with Crippen molar-refractivity contribution >= 4 is 12.6 Å². The molecule has 0 heterocycles. The molecule has 1 rings (SSSR count). The first-order chi connectivity index (χ1) is 6.63. The van der Waals surface area contributed by atoms with Crippen LogP contribution in [0.4, 0.5) is 0 Å². The van der Waals surface area contributed by atoms with Crippen LogP contribution in [0.15, 0.2) is 36.9 Å². The van der Waals surface area contributed by atoms with Gasteiger partial charge in [0.15, 0.2) is 0 Å². The Morgan fingerprint density at radius 2 is 1.93 bits per heavy atom. The Hall–Kier alpha value is -1.26. The van der Waals surface area contributed by atoms with E-state index < -0.39 is 7.12 Å². The van der Waals surface area contributed by atoms with E-state index in [9.17, 15) is 0 Å². The van der Waals surface area contributed by atoms with Gasteiger partial charge in [-0.05, 0) is 24.5 Å². The summed E-state index contributed by atoms with van der Waals surface area (Å²) >= 11 is 0. The summed E-state index contributed by atoms with van der Waals surface area (Å²) < 4.78 is 5.42. The van der Waals surface area contributed by atoms with E-state index in [4.69, 9.17) is 14.8 Å². The molecule has 0 aliphatic heterocycles. The lowest BCUT2D eigenvalue weighted by Crippen LogP contribution is -2.29. The first kappa shape index (κ1) is 10.8. The Balaban J connectivity index is 2.68. The molecule has 0 aliphatic carbocycles. The summed E-state index contributed by atoms with van der Waals surface area (Å²) in [7, 11) is -1.43. The van der Waals surface area contributed by atoms with Crippen LogP contribution in [0.1, 0.15) is 6.92 Å². The molecule has 0 aromatic heterocycles. The predicted octanol–water partition coefficient (Wildman–Crippen LogP) is 0.320. The van der Waals surface area contributed by atoms with Crippen LogP contribution in [0.25, 0.3) is 0 Å². The minimum absolute atomic E-state index is 0.0556. The van der Waals surface area contributed by atoms with E-state index >= 15 is 0 Å². The van der Waals surface area contributed by atoms with Gasteiger partial charge in [-0.1, -0.05) is 24.8 Å². The van der Waals surface area contributed by atoms with Crippen molar-refractivity contribution in [3.63, 3.8) is 0 Å². The van der Waals surface area contributed by atoms with Crippen molar-refractivity contribution in [1.29, 1.82) is 0 Å². The van der Waals surface area contributed by atoms with E-state index in [1.165, 1.54) is 0 Å². The zero-order valence-corrected chi connectivity index (χ0v) is 8.05.